The van der Waals surface area contributed by atoms with Crippen molar-refractivity contribution < 1.29 is 9.53 Å². The van der Waals surface area contributed by atoms with E-state index in [1.165, 1.54) is 12.8 Å². The van der Waals surface area contributed by atoms with Gasteiger partial charge in [0.1, 0.15) is 5.75 Å². The van der Waals surface area contributed by atoms with Gasteiger partial charge in [-0.2, -0.15) is 0 Å². The molecule has 1 aliphatic rings. The van der Waals surface area contributed by atoms with E-state index in [0.29, 0.717) is 29.7 Å². The molecule has 1 saturated heterocycles. The molecule has 22 heavy (non-hydrogen) atoms. The molecule has 0 saturated carbocycles. The van der Waals surface area contributed by atoms with Gasteiger partial charge in [0.15, 0.2) is 0 Å². The number of nitrogens with one attached hydrogen (secondary N) is 2. The Morgan fingerprint density at radius 2 is 2.32 bits per heavy atom. The number of piperidine rings is 1. The number of carbonyl (C=O) groups excluding carboxylic acids is 1. The number of methoxy groups -OCH3 is 1. The molecule has 0 bridgehead atoms. The largest absolute Gasteiger partial charge is 0.495 e. The first-order chi connectivity index (χ1) is 10.1. The molecule has 1 aromatic rings. The van der Waals surface area contributed by atoms with Gasteiger partial charge in [-0.05, 0) is 56.0 Å². The highest BCUT2D eigenvalue weighted by Crippen LogP contribution is 2.29. The van der Waals surface area contributed by atoms with Crippen LogP contribution in [0.1, 0.15) is 26.2 Å². The van der Waals surface area contributed by atoms with Crippen LogP contribution < -0.4 is 15.4 Å². The van der Waals surface area contributed by atoms with Crippen LogP contribution in [-0.2, 0) is 4.79 Å². The molecule has 1 fully saturated rings. The Bertz CT molecular complexity index is 493. The summed E-state index contributed by atoms with van der Waals surface area (Å²) in [5, 5.41) is 6.36. The number of ether oxygens (including phenoxy) is 1. The molecule has 0 aromatic heterocycles. The third kappa shape index (κ3) is 5.45. The Hall–Kier alpha value is -0.780. The van der Waals surface area contributed by atoms with Gasteiger partial charge in [0.25, 0.3) is 0 Å². The Morgan fingerprint density at radius 3 is 2.95 bits per heavy atom. The summed E-state index contributed by atoms with van der Waals surface area (Å²) in [4.78, 5) is 12.2. The van der Waals surface area contributed by atoms with Crippen molar-refractivity contribution in [2.75, 3.05) is 25.5 Å². The van der Waals surface area contributed by atoms with E-state index in [0.717, 1.165) is 17.6 Å². The van der Waals surface area contributed by atoms with Gasteiger partial charge in [0.2, 0.25) is 5.91 Å². The number of carbonyl (C=O) groups is 1. The van der Waals surface area contributed by atoms with Crippen molar-refractivity contribution in [1.29, 1.82) is 0 Å². The average Bonchev–Trinajstić information content (AvgIpc) is 2.48. The van der Waals surface area contributed by atoms with Gasteiger partial charge >= 0.3 is 0 Å². The SMILES string of the molecule is COc1ccc(Br)cc1NC(=O)CC(C)C1CCCNC1.Cl. The molecular formula is C16H24BrClN2O2. The first kappa shape index (κ1) is 19.3. The van der Waals surface area contributed by atoms with E-state index >= 15 is 0 Å². The standard InChI is InChI=1S/C16H23BrN2O2.ClH/c1-11(12-4-3-7-18-10-12)8-16(20)19-14-9-13(17)5-6-15(14)21-2;/h5-6,9,11-12,18H,3-4,7-8,10H2,1-2H3,(H,19,20);1H. The van der Waals surface area contributed by atoms with Crippen molar-refractivity contribution >= 4 is 39.9 Å². The number of anilines is 1. The molecule has 0 spiro atoms. The smallest absolute Gasteiger partial charge is 0.224 e. The summed E-state index contributed by atoms with van der Waals surface area (Å²) in [6.07, 6.45) is 2.96. The average molecular weight is 392 g/mol. The first-order valence-electron chi connectivity index (χ1n) is 7.44. The Morgan fingerprint density at radius 1 is 1.55 bits per heavy atom. The van der Waals surface area contributed by atoms with Crippen LogP contribution in [0.25, 0.3) is 0 Å². The second-order valence-electron chi connectivity index (χ2n) is 5.68. The predicted octanol–water partition coefficient (Wildman–Crippen LogP) is 3.84. The van der Waals surface area contributed by atoms with Gasteiger partial charge in [0, 0.05) is 10.9 Å². The fraction of sp³-hybridized carbons (Fsp3) is 0.562. The molecule has 2 rings (SSSR count). The number of benzene rings is 1. The van der Waals surface area contributed by atoms with Crippen LogP contribution in [-0.4, -0.2) is 26.1 Å². The summed E-state index contributed by atoms with van der Waals surface area (Å²) in [6, 6.07) is 5.60. The van der Waals surface area contributed by atoms with E-state index in [1.807, 2.05) is 18.2 Å². The number of amides is 1. The quantitative estimate of drug-likeness (QED) is 0.801. The number of halogens is 2. The van der Waals surface area contributed by atoms with E-state index < -0.39 is 0 Å². The topological polar surface area (TPSA) is 50.4 Å². The predicted molar refractivity (Wildman–Crippen MR) is 95.9 cm³/mol. The van der Waals surface area contributed by atoms with Crippen molar-refractivity contribution in [1.82, 2.24) is 5.32 Å². The van der Waals surface area contributed by atoms with Gasteiger partial charge in [0.05, 0.1) is 12.8 Å². The molecule has 124 valence electrons. The van der Waals surface area contributed by atoms with Crippen LogP contribution >= 0.6 is 28.3 Å². The second-order valence-corrected chi connectivity index (χ2v) is 6.60. The summed E-state index contributed by atoms with van der Waals surface area (Å²) in [7, 11) is 1.61. The molecule has 0 aliphatic carbocycles. The minimum Gasteiger partial charge on any atom is -0.495 e. The highest BCUT2D eigenvalue weighted by molar-refractivity contribution is 9.10. The Kier molecular flexibility index (Phi) is 8.21. The van der Waals surface area contributed by atoms with Crippen LogP contribution in [0.2, 0.25) is 0 Å². The maximum atomic E-state index is 12.2. The fourth-order valence-electron chi connectivity index (χ4n) is 2.80. The van der Waals surface area contributed by atoms with E-state index in [9.17, 15) is 4.79 Å². The van der Waals surface area contributed by atoms with Crippen LogP contribution in [0, 0.1) is 11.8 Å². The van der Waals surface area contributed by atoms with Crippen LogP contribution in [0.4, 0.5) is 5.69 Å². The normalized spacial score (nSPS) is 19.0. The van der Waals surface area contributed by atoms with Crippen molar-refractivity contribution in [3.8, 4) is 5.75 Å². The molecule has 6 heteroatoms. The van der Waals surface area contributed by atoms with Gasteiger partial charge in [-0.15, -0.1) is 12.4 Å². The monoisotopic (exact) mass is 390 g/mol. The number of hydrogen-bond donors (Lipinski definition) is 2. The molecule has 2 unspecified atom stereocenters. The highest BCUT2D eigenvalue weighted by Gasteiger charge is 2.22. The van der Waals surface area contributed by atoms with Crippen molar-refractivity contribution in [3.63, 3.8) is 0 Å². The van der Waals surface area contributed by atoms with Crippen LogP contribution in [0.5, 0.6) is 5.75 Å². The zero-order valence-corrected chi connectivity index (χ0v) is 15.4. The maximum Gasteiger partial charge on any atom is 0.224 e. The Balaban J connectivity index is 0.00000242. The summed E-state index contributed by atoms with van der Waals surface area (Å²) in [5.41, 5.74) is 0.714. The molecule has 1 heterocycles. The Labute approximate surface area is 146 Å². The lowest BCUT2D eigenvalue weighted by Gasteiger charge is -2.28. The summed E-state index contributed by atoms with van der Waals surface area (Å²) in [6.45, 7) is 4.29. The zero-order chi connectivity index (χ0) is 15.2. The molecule has 2 N–H and O–H groups in total. The molecule has 2 atom stereocenters. The van der Waals surface area contributed by atoms with E-state index in [1.54, 1.807) is 7.11 Å². The maximum absolute atomic E-state index is 12.2. The lowest BCUT2D eigenvalue weighted by molar-refractivity contribution is -0.117. The van der Waals surface area contributed by atoms with Crippen molar-refractivity contribution in [2.45, 2.75) is 26.2 Å². The molecule has 0 radical (unpaired) electrons. The number of rotatable bonds is 5. The molecule has 4 nitrogen and oxygen atoms in total. The van der Waals surface area contributed by atoms with E-state index in [-0.39, 0.29) is 18.3 Å². The van der Waals surface area contributed by atoms with Crippen molar-refractivity contribution in [2.24, 2.45) is 11.8 Å². The third-order valence-corrected chi connectivity index (χ3v) is 4.58. The molecule has 1 aliphatic heterocycles. The lowest BCUT2D eigenvalue weighted by atomic mass is 9.85. The molecule has 1 amide bonds. The van der Waals surface area contributed by atoms with Gasteiger partial charge in [-0.25, -0.2) is 0 Å². The summed E-state index contributed by atoms with van der Waals surface area (Å²) >= 11 is 3.41. The van der Waals surface area contributed by atoms with Crippen LogP contribution in [0.3, 0.4) is 0 Å². The minimum absolute atomic E-state index is 0. The zero-order valence-electron chi connectivity index (χ0n) is 13.0. The van der Waals surface area contributed by atoms with E-state index in [2.05, 4.69) is 33.5 Å². The highest BCUT2D eigenvalue weighted by atomic mass is 79.9. The summed E-state index contributed by atoms with van der Waals surface area (Å²) < 4.78 is 6.20. The third-order valence-electron chi connectivity index (χ3n) is 4.08. The van der Waals surface area contributed by atoms with Crippen LogP contribution in [0.15, 0.2) is 22.7 Å². The summed E-state index contributed by atoms with van der Waals surface area (Å²) in [5.74, 6) is 1.70. The first-order valence-corrected chi connectivity index (χ1v) is 8.23. The fourth-order valence-corrected chi connectivity index (χ4v) is 3.16. The lowest BCUT2D eigenvalue weighted by Crippen LogP contribution is -2.34. The van der Waals surface area contributed by atoms with Crippen molar-refractivity contribution in [3.05, 3.63) is 22.7 Å². The molecule has 1 aromatic carbocycles. The molecular weight excluding hydrogens is 368 g/mol. The number of hydrogen-bond acceptors (Lipinski definition) is 3. The van der Waals surface area contributed by atoms with Gasteiger partial charge in [-0.3, -0.25) is 4.79 Å². The second kappa shape index (κ2) is 9.38. The minimum atomic E-state index is 0. The van der Waals surface area contributed by atoms with Gasteiger partial charge < -0.3 is 15.4 Å². The van der Waals surface area contributed by atoms with Gasteiger partial charge in [-0.1, -0.05) is 22.9 Å². The van der Waals surface area contributed by atoms with E-state index in [4.69, 9.17) is 4.74 Å².